The van der Waals surface area contributed by atoms with Gasteiger partial charge in [0.1, 0.15) is 0 Å². The number of nitrogens with two attached hydrogens (primary N) is 1. The van der Waals surface area contributed by atoms with Crippen LogP contribution in [0.3, 0.4) is 0 Å². The van der Waals surface area contributed by atoms with Gasteiger partial charge < -0.3 is 15.8 Å². The lowest BCUT2D eigenvalue weighted by Crippen LogP contribution is -2.26. The number of anilines is 1. The highest BCUT2D eigenvalue weighted by molar-refractivity contribution is 7.14. The first-order valence-electron chi connectivity index (χ1n) is 12.2. The van der Waals surface area contributed by atoms with Gasteiger partial charge in [-0.15, -0.1) is 11.3 Å². The largest absolute Gasteiger partial charge is 0.381 e. The topological polar surface area (TPSA) is 60.2 Å². The van der Waals surface area contributed by atoms with Crippen LogP contribution in [0.1, 0.15) is 71.3 Å². The second-order valence-electron chi connectivity index (χ2n) is 8.58. The van der Waals surface area contributed by atoms with Crippen LogP contribution in [0.2, 0.25) is 0 Å². The van der Waals surface area contributed by atoms with E-state index in [0.29, 0.717) is 6.54 Å². The molecule has 0 bridgehead atoms. The molecule has 1 aliphatic carbocycles. The fraction of sp³-hybridized carbons (Fsp3) is 0.519. The fourth-order valence-electron chi connectivity index (χ4n) is 3.81. The Bertz CT molecular complexity index is 902. The molecule has 0 atom stereocenters. The summed E-state index contributed by atoms with van der Waals surface area (Å²) in [6, 6.07) is 8.76. The lowest BCUT2D eigenvalue weighted by atomic mass is 9.90. The average molecular weight is 454 g/mol. The van der Waals surface area contributed by atoms with E-state index in [-0.39, 0.29) is 0 Å². The molecule has 2 aliphatic rings. The summed E-state index contributed by atoms with van der Waals surface area (Å²) in [6.07, 6.45) is 10.6. The van der Waals surface area contributed by atoms with Gasteiger partial charge in [-0.25, -0.2) is 4.98 Å². The van der Waals surface area contributed by atoms with Crippen molar-refractivity contribution in [3.8, 4) is 11.3 Å². The highest BCUT2D eigenvalue weighted by atomic mass is 32.1. The van der Waals surface area contributed by atoms with Crippen molar-refractivity contribution < 1.29 is 4.74 Å². The van der Waals surface area contributed by atoms with Crippen LogP contribution in [0.25, 0.3) is 16.8 Å². The third kappa shape index (κ3) is 6.77. The van der Waals surface area contributed by atoms with Crippen LogP contribution in [0.15, 0.2) is 47.0 Å². The van der Waals surface area contributed by atoms with E-state index in [4.69, 9.17) is 15.5 Å². The molecule has 2 fully saturated rings. The number of benzene rings is 1. The molecule has 1 aromatic carbocycles. The summed E-state index contributed by atoms with van der Waals surface area (Å²) < 4.78 is 4.93. The lowest BCUT2D eigenvalue weighted by Gasteiger charge is -2.23. The molecule has 4 nitrogen and oxygen atoms in total. The molecule has 1 saturated carbocycles. The summed E-state index contributed by atoms with van der Waals surface area (Å²) in [4.78, 5) is 4.80. The normalized spacial score (nSPS) is 16.0. The summed E-state index contributed by atoms with van der Waals surface area (Å²) in [6.45, 7) is 9.21. The number of aromatic nitrogens is 1. The van der Waals surface area contributed by atoms with Crippen molar-refractivity contribution in [2.45, 2.75) is 65.7 Å². The molecule has 0 spiro atoms. The number of nitrogens with one attached hydrogen (secondary N) is 1. The fourth-order valence-corrected chi connectivity index (χ4v) is 4.56. The highest BCUT2D eigenvalue weighted by Gasteiger charge is 2.15. The van der Waals surface area contributed by atoms with Crippen molar-refractivity contribution in [2.75, 3.05) is 25.1 Å². The van der Waals surface area contributed by atoms with Gasteiger partial charge in [0.15, 0.2) is 5.13 Å². The third-order valence-electron chi connectivity index (χ3n) is 6.13. The van der Waals surface area contributed by atoms with Gasteiger partial charge in [0.25, 0.3) is 0 Å². The van der Waals surface area contributed by atoms with E-state index in [9.17, 15) is 0 Å². The Morgan fingerprint density at radius 3 is 2.59 bits per heavy atom. The smallest absolute Gasteiger partial charge is 0.187 e. The number of ether oxygens (including phenoxy) is 1. The van der Waals surface area contributed by atoms with E-state index in [1.54, 1.807) is 11.3 Å². The van der Waals surface area contributed by atoms with Gasteiger partial charge in [0, 0.05) is 29.1 Å². The Hall–Kier alpha value is -1.95. The van der Waals surface area contributed by atoms with Crippen LogP contribution in [0, 0.1) is 5.92 Å². The van der Waals surface area contributed by atoms with Gasteiger partial charge in [-0.1, -0.05) is 51.5 Å². The van der Waals surface area contributed by atoms with E-state index in [1.807, 2.05) is 0 Å². The quantitative estimate of drug-likeness (QED) is 0.419. The number of hydrogen-bond acceptors (Lipinski definition) is 5. The van der Waals surface area contributed by atoms with Gasteiger partial charge in [0.05, 0.1) is 18.9 Å². The van der Waals surface area contributed by atoms with Crippen LogP contribution >= 0.6 is 11.3 Å². The molecule has 3 N–H and O–H groups in total. The average Bonchev–Trinajstić information content (AvgIpc) is 3.20. The number of thiazole rings is 1. The molecule has 1 aliphatic heterocycles. The second kappa shape index (κ2) is 12.9. The summed E-state index contributed by atoms with van der Waals surface area (Å²) in [5, 5.41) is 6.51. The Morgan fingerprint density at radius 1 is 1.25 bits per heavy atom. The molecule has 5 heteroatoms. The van der Waals surface area contributed by atoms with Crippen molar-refractivity contribution >= 4 is 22.0 Å². The van der Waals surface area contributed by atoms with Gasteiger partial charge in [-0.3, -0.25) is 0 Å². The third-order valence-corrected chi connectivity index (χ3v) is 6.89. The Labute approximate surface area is 198 Å². The number of allylic oxidation sites excluding steroid dienone is 3. The monoisotopic (exact) mass is 453 g/mol. The van der Waals surface area contributed by atoms with Crippen molar-refractivity contribution in [3.05, 3.63) is 52.6 Å². The zero-order valence-corrected chi connectivity index (χ0v) is 20.8. The summed E-state index contributed by atoms with van der Waals surface area (Å²) in [5.41, 5.74) is 13.5. The zero-order valence-electron chi connectivity index (χ0n) is 20.0. The SMILES string of the molecule is CC/C=C(\CCC)c1cccc(-c2csc(NC(CN)=C3CCC3)n2)c1.CCC1COC1. The molecule has 32 heavy (non-hydrogen) atoms. The minimum atomic E-state index is 0.557. The van der Waals surface area contributed by atoms with E-state index in [0.717, 1.165) is 54.9 Å². The van der Waals surface area contributed by atoms with Crippen molar-refractivity contribution in [3.63, 3.8) is 0 Å². The predicted molar refractivity (Wildman–Crippen MR) is 139 cm³/mol. The predicted octanol–water partition coefficient (Wildman–Crippen LogP) is 7.26. The molecule has 4 rings (SSSR count). The Kier molecular flexibility index (Phi) is 9.97. The molecule has 1 aromatic heterocycles. The minimum Gasteiger partial charge on any atom is -0.381 e. The van der Waals surface area contributed by atoms with Crippen LogP contribution < -0.4 is 11.1 Å². The van der Waals surface area contributed by atoms with Crippen molar-refractivity contribution in [1.29, 1.82) is 0 Å². The van der Waals surface area contributed by atoms with Gasteiger partial charge in [0.2, 0.25) is 0 Å². The molecule has 0 radical (unpaired) electrons. The van der Waals surface area contributed by atoms with Crippen LogP contribution in [0.5, 0.6) is 0 Å². The molecule has 1 saturated heterocycles. The summed E-state index contributed by atoms with van der Waals surface area (Å²) in [7, 11) is 0. The second-order valence-corrected chi connectivity index (χ2v) is 9.44. The molecule has 174 valence electrons. The van der Waals surface area contributed by atoms with E-state index < -0.39 is 0 Å². The first-order chi connectivity index (χ1) is 15.7. The molecule has 2 aromatic rings. The van der Waals surface area contributed by atoms with Crippen molar-refractivity contribution in [1.82, 2.24) is 4.98 Å². The first kappa shape index (κ1) is 24.7. The van der Waals surface area contributed by atoms with Gasteiger partial charge in [-0.05, 0) is 61.3 Å². The number of hydrogen-bond donors (Lipinski definition) is 2. The zero-order chi connectivity index (χ0) is 22.8. The Morgan fingerprint density at radius 2 is 2.06 bits per heavy atom. The molecular weight excluding hydrogens is 414 g/mol. The first-order valence-corrected chi connectivity index (χ1v) is 13.1. The maximum atomic E-state index is 5.91. The summed E-state index contributed by atoms with van der Waals surface area (Å²) >= 11 is 1.65. The van der Waals surface area contributed by atoms with E-state index in [1.165, 1.54) is 48.0 Å². The van der Waals surface area contributed by atoms with Crippen LogP contribution in [-0.2, 0) is 4.74 Å². The minimum absolute atomic E-state index is 0.557. The number of nitrogens with zero attached hydrogens (tertiary/aromatic N) is 1. The summed E-state index contributed by atoms with van der Waals surface area (Å²) in [5.74, 6) is 0.894. The Balaban J connectivity index is 0.000000416. The van der Waals surface area contributed by atoms with E-state index in [2.05, 4.69) is 61.8 Å². The van der Waals surface area contributed by atoms with E-state index >= 15 is 0 Å². The van der Waals surface area contributed by atoms with Gasteiger partial charge >= 0.3 is 0 Å². The van der Waals surface area contributed by atoms with Crippen LogP contribution in [-0.4, -0.2) is 24.7 Å². The lowest BCUT2D eigenvalue weighted by molar-refractivity contribution is -0.0331. The molecule has 2 heterocycles. The standard InChI is InChI=1S/C22H29N3S.C5H10O/c1-3-7-16(8-4-2)18-11-6-12-19(13-18)21-15-26-22(25-21)24-20(14-23)17-9-5-10-17;1-2-5-3-6-4-5/h6-7,11-13,15H,3-5,8-10,14,23H2,1-2H3,(H,24,25);5H,2-4H2,1H3/b16-7+;. The highest BCUT2D eigenvalue weighted by Crippen LogP contribution is 2.32. The van der Waals surface area contributed by atoms with Gasteiger partial charge in [-0.2, -0.15) is 0 Å². The number of rotatable bonds is 9. The molecule has 0 amide bonds. The maximum absolute atomic E-state index is 5.91. The van der Waals surface area contributed by atoms with Crippen LogP contribution in [0.4, 0.5) is 5.13 Å². The maximum Gasteiger partial charge on any atom is 0.187 e. The molecule has 0 unspecified atom stereocenters. The molecular formula is C27H39N3OS. The van der Waals surface area contributed by atoms with Crippen molar-refractivity contribution in [2.24, 2.45) is 11.7 Å².